The van der Waals surface area contributed by atoms with E-state index in [2.05, 4.69) is 65.8 Å². The molecule has 0 aliphatic carbocycles. The summed E-state index contributed by atoms with van der Waals surface area (Å²) < 4.78 is 0. The number of likely N-dealkylation sites (N-methyl/N-ethyl adjacent to an activating group) is 1. The first kappa shape index (κ1) is 12.5. The second-order valence-corrected chi connectivity index (χ2v) is 4.90. The summed E-state index contributed by atoms with van der Waals surface area (Å²) in [6.45, 7) is 0.946. The Morgan fingerprint density at radius 2 is 1.75 bits per heavy atom. The fourth-order valence-electron chi connectivity index (χ4n) is 2.41. The van der Waals surface area contributed by atoms with Crippen LogP contribution in [0.2, 0.25) is 0 Å². The Morgan fingerprint density at radius 3 is 2.60 bits per heavy atom. The van der Waals surface area contributed by atoms with Gasteiger partial charge in [0.05, 0.1) is 0 Å². The van der Waals surface area contributed by atoms with Gasteiger partial charge in [0.15, 0.2) is 0 Å². The Bertz CT molecular complexity index is 641. The third kappa shape index (κ3) is 2.59. The van der Waals surface area contributed by atoms with Gasteiger partial charge in [0, 0.05) is 36.7 Å². The second-order valence-electron chi connectivity index (χ2n) is 4.90. The molecule has 2 nitrogen and oxygen atoms in total. The zero-order chi connectivity index (χ0) is 13.8. The Labute approximate surface area is 120 Å². The van der Waals surface area contributed by atoms with Gasteiger partial charge in [-0.2, -0.15) is 0 Å². The lowest BCUT2D eigenvalue weighted by Crippen LogP contribution is -2.21. The number of allylic oxidation sites excluding steroid dienone is 2. The highest BCUT2D eigenvalue weighted by Crippen LogP contribution is 2.30. The molecule has 0 unspecified atom stereocenters. The molecule has 0 spiro atoms. The SMILES string of the molecule is CN1CC=C(/C=C/Nc2ccccc2)c2ccccc21. The number of nitrogens with one attached hydrogen (secondary N) is 1. The lowest BCUT2D eigenvalue weighted by atomic mass is 9.99. The van der Waals surface area contributed by atoms with Gasteiger partial charge in [-0.05, 0) is 29.8 Å². The molecule has 1 aliphatic heterocycles. The van der Waals surface area contributed by atoms with Gasteiger partial charge in [-0.1, -0.05) is 42.5 Å². The van der Waals surface area contributed by atoms with E-state index < -0.39 is 0 Å². The molecule has 100 valence electrons. The van der Waals surface area contributed by atoms with Crippen LogP contribution in [-0.4, -0.2) is 13.6 Å². The van der Waals surface area contributed by atoms with Gasteiger partial charge in [0.1, 0.15) is 0 Å². The van der Waals surface area contributed by atoms with Crippen molar-refractivity contribution in [2.24, 2.45) is 0 Å². The second kappa shape index (κ2) is 5.66. The predicted octanol–water partition coefficient (Wildman–Crippen LogP) is 4.15. The van der Waals surface area contributed by atoms with Crippen LogP contribution in [0.4, 0.5) is 11.4 Å². The van der Waals surface area contributed by atoms with Crippen LogP contribution < -0.4 is 10.2 Å². The summed E-state index contributed by atoms with van der Waals surface area (Å²) in [6, 6.07) is 18.7. The van der Waals surface area contributed by atoms with Crippen molar-refractivity contribution in [1.29, 1.82) is 0 Å². The number of para-hydroxylation sites is 2. The minimum absolute atomic E-state index is 0.946. The first-order valence-electron chi connectivity index (χ1n) is 6.83. The minimum atomic E-state index is 0.946. The van der Waals surface area contributed by atoms with Crippen molar-refractivity contribution >= 4 is 16.9 Å². The van der Waals surface area contributed by atoms with Crippen LogP contribution in [-0.2, 0) is 0 Å². The van der Waals surface area contributed by atoms with Crippen LogP contribution in [0.5, 0.6) is 0 Å². The van der Waals surface area contributed by atoms with Gasteiger partial charge >= 0.3 is 0 Å². The summed E-state index contributed by atoms with van der Waals surface area (Å²) in [5.41, 5.74) is 4.94. The van der Waals surface area contributed by atoms with Crippen LogP contribution in [0.3, 0.4) is 0 Å². The molecule has 0 amide bonds. The predicted molar refractivity (Wildman–Crippen MR) is 86.9 cm³/mol. The number of hydrogen-bond donors (Lipinski definition) is 1. The van der Waals surface area contributed by atoms with E-state index in [1.54, 1.807) is 0 Å². The van der Waals surface area contributed by atoms with Gasteiger partial charge in [-0.15, -0.1) is 0 Å². The fourth-order valence-corrected chi connectivity index (χ4v) is 2.41. The van der Waals surface area contributed by atoms with Crippen molar-refractivity contribution in [3.8, 4) is 0 Å². The molecule has 0 saturated carbocycles. The highest BCUT2D eigenvalue weighted by Gasteiger charge is 2.13. The Balaban J connectivity index is 1.78. The zero-order valence-corrected chi connectivity index (χ0v) is 11.6. The summed E-state index contributed by atoms with van der Waals surface area (Å²) >= 11 is 0. The Morgan fingerprint density at radius 1 is 1.00 bits per heavy atom. The molecule has 1 N–H and O–H groups in total. The smallest absolute Gasteiger partial charge is 0.0446 e. The van der Waals surface area contributed by atoms with Crippen molar-refractivity contribution < 1.29 is 0 Å². The molecular formula is C18H18N2. The molecule has 20 heavy (non-hydrogen) atoms. The van der Waals surface area contributed by atoms with E-state index in [1.165, 1.54) is 16.8 Å². The van der Waals surface area contributed by atoms with Gasteiger partial charge in [0.2, 0.25) is 0 Å². The van der Waals surface area contributed by atoms with Crippen molar-refractivity contribution in [3.63, 3.8) is 0 Å². The summed E-state index contributed by atoms with van der Waals surface area (Å²) in [4.78, 5) is 2.26. The third-order valence-electron chi connectivity index (χ3n) is 3.50. The molecule has 2 aromatic carbocycles. The molecule has 1 heterocycles. The van der Waals surface area contributed by atoms with Gasteiger partial charge < -0.3 is 10.2 Å². The van der Waals surface area contributed by atoms with Gasteiger partial charge in [-0.3, -0.25) is 0 Å². The summed E-state index contributed by atoms with van der Waals surface area (Å²) in [5.74, 6) is 0. The van der Waals surface area contributed by atoms with E-state index in [4.69, 9.17) is 0 Å². The molecule has 0 saturated heterocycles. The van der Waals surface area contributed by atoms with E-state index >= 15 is 0 Å². The van der Waals surface area contributed by atoms with Crippen LogP contribution in [0.15, 0.2) is 72.9 Å². The van der Waals surface area contributed by atoms with E-state index in [1.807, 2.05) is 24.4 Å². The van der Waals surface area contributed by atoms with Crippen molar-refractivity contribution in [1.82, 2.24) is 0 Å². The molecule has 3 rings (SSSR count). The molecule has 0 bridgehead atoms. The summed E-state index contributed by atoms with van der Waals surface area (Å²) in [6.07, 6.45) is 6.40. The average molecular weight is 262 g/mol. The molecule has 2 aromatic rings. The molecule has 0 aromatic heterocycles. The number of fused-ring (bicyclic) bond motifs is 1. The summed E-state index contributed by atoms with van der Waals surface area (Å²) in [7, 11) is 2.12. The Hall–Kier alpha value is -2.48. The number of nitrogens with zero attached hydrogens (tertiary/aromatic N) is 1. The quantitative estimate of drug-likeness (QED) is 0.894. The maximum atomic E-state index is 3.30. The largest absolute Gasteiger partial charge is 0.370 e. The standard InChI is InChI=1S/C18H18N2/c1-20-14-12-15(17-9-5-6-10-18(17)20)11-13-19-16-7-3-2-4-8-16/h2-13,19H,14H2,1H3/b13-11+. The van der Waals surface area contributed by atoms with Crippen molar-refractivity contribution in [2.75, 3.05) is 23.8 Å². The van der Waals surface area contributed by atoms with Crippen LogP contribution in [0.1, 0.15) is 5.56 Å². The normalized spacial score (nSPS) is 14.1. The first-order valence-corrected chi connectivity index (χ1v) is 6.83. The third-order valence-corrected chi connectivity index (χ3v) is 3.50. The maximum Gasteiger partial charge on any atom is 0.0446 e. The number of benzene rings is 2. The molecule has 1 aliphatic rings. The van der Waals surface area contributed by atoms with Crippen LogP contribution in [0.25, 0.3) is 5.57 Å². The number of hydrogen-bond acceptors (Lipinski definition) is 2. The van der Waals surface area contributed by atoms with Crippen molar-refractivity contribution in [2.45, 2.75) is 0 Å². The van der Waals surface area contributed by atoms with Gasteiger partial charge in [-0.25, -0.2) is 0 Å². The van der Waals surface area contributed by atoms with Crippen LogP contribution in [0, 0.1) is 0 Å². The zero-order valence-electron chi connectivity index (χ0n) is 11.6. The highest BCUT2D eigenvalue weighted by molar-refractivity contribution is 5.85. The molecule has 0 atom stereocenters. The highest BCUT2D eigenvalue weighted by atomic mass is 15.1. The van der Waals surface area contributed by atoms with Gasteiger partial charge in [0.25, 0.3) is 0 Å². The summed E-state index contributed by atoms with van der Waals surface area (Å²) in [5, 5.41) is 3.30. The van der Waals surface area contributed by atoms with Crippen molar-refractivity contribution in [3.05, 3.63) is 78.5 Å². The number of rotatable bonds is 3. The van der Waals surface area contributed by atoms with E-state index in [9.17, 15) is 0 Å². The average Bonchev–Trinajstić information content (AvgIpc) is 2.51. The molecular weight excluding hydrogens is 244 g/mol. The van der Waals surface area contributed by atoms with Crippen LogP contribution >= 0.6 is 0 Å². The lowest BCUT2D eigenvalue weighted by Gasteiger charge is -2.26. The first-order chi connectivity index (χ1) is 9.84. The topological polar surface area (TPSA) is 15.3 Å². The Kier molecular flexibility index (Phi) is 3.55. The number of anilines is 2. The minimum Gasteiger partial charge on any atom is -0.370 e. The molecule has 0 radical (unpaired) electrons. The maximum absolute atomic E-state index is 3.30. The van der Waals surface area contributed by atoms with E-state index in [0.29, 0.717) is 0 Å². The molecule has 2 heteroatoms. The lowest BCUT2D eigenvalue weighted by molar-refractivity contribution is 1.01. The fraction of sp³-hybridized carbons (Fsp3) is 0.111. The van der Waals surface area contributed by atoms with E-state index in [0.717, 1.165) is 12.2 Å². The molecule has 0 fully saturated rings. The van der Waals surface area contributed by atoms with E-state index in [-0.39, 0.29) is 0 Å². The monoisotopic (exact) mass is 262 g/mol.